The standard InChI is InChI=1S/C10H7FN2OS/c1-6-2-7(4-8(11)3-6)10(14)9-5-12-13-15-9/h2-5H,1H3. The minimum Gasteiger partial charge on any atom is -0.288 e. The van der Waals surface area contributed by atoms with E-state index in [0.29, 0.717) is 10.4 Å². The van der Waals surface area contributed by atoms with E-state index in [0.717, 1.165) is 17.1 Å². The summed E-state index contributed by atoms with van der Waals surface area (Å²) in [5, 5.41) is 3.57. The Labute approximate surface area is 89.7 Å². The van der Waals surface area contributed by atoms with Crippen LogP contribution in [0.3, 0.4) is 0 Å². The summed E-state index contributed by atoms with van der Waals surface area (Å²) in [6.07, 6.45) is 1.38. The Bertz CT molecular complexity index is 476. The third-order valence-corrected chi connectivity index (χ3v) is 2.55. The molecule has 1 aromatic carbocycles. The maximum absolute atomic E-state index is 13.0. The van der Waals surface area contributed by atoms with Crippen molar-refractivity contribution in [1.29, 1.82) is 0 Å². The fourth-order valence-electron chi connectivity index (χ4n) is 1.28. The topological polar surface area (TPSA) is 42.9 Å². The number of halogens is 1. The molecule has 0 atom stereocenters. The van der Waals surface area contributed by atoms with E-state index in [1.165, 1.54) is 18.3 Å². The van der Waals surface area contributed by atoms with E-state index in [1.807, 2.05) is 0 Å². The number of benzene rings is 1. The number of hydrogen-bond donors (Lipinski definition) is 0. The zero-order valence-electron chi connectivity index (χ0n) is 7.90. The van der Waals surface area contributed by atoms with Crippen molar-refractivity contribution in [3.8, 4) is 0 Å². The van der Waals surface area contributed by atoms with Crippen LogP contribution in [0.4, 0.5) is 4.39 Å². The first kappa shape index (κ1) is 9.92. The van der Waals surface area contributed by atoms with Crippen molar-refractivity contribution in [3.63, 3.8) is 0 Å². The highest BCUT2D eigenvalue weighted by molar-refractivity contribution is 7.08. The van der Waals surface area contributed by atoms with Gasteiger partial charge in [0.2, 0.25) is 5.78 Å². The molecule has 1 heterocycles. The number of rotatable bonds is 2. The molecule has 0 aliphatic carbocycles. The normalized spacial score (nSPS) is 10.3. The summed E-state index contributed by atoms with van der Waals surface area (Å²) in [6, 6.07) is 4.24. The largest absolute Gasteiger partial charge is 0.288 e. The molecule has 1 aromatic heterocycles. The Morgan fingerprint density at radius 3 is 2.80 bits per heavy atom. The molecule has 0 amide bonds. The zero-order chi connectivity index (χ0) is 10.8. The highest BCUT2D eigenvalue weighted by atomic mass is 32.1. The fourth-order valence-corrected chi connectivity index (χ4v) is 1.75. The van der Waals surface area contributed by atoms with Crippen molar-refractivity contribution in [1.82, 2.24) is 9.59 Å². The first-order valence-corrected chi connectivity index (χ1v) is 5.03. The molecule has 0 unspecified atom stereocenters. The van der Waals surface area contributed by atoms with E-state index >= 15 is 0 Å². The number of carbonyl (C=O) groups is 1. The first-order chi connectivity index (χ1) is 7.16. The van der Waals surface area contributed by atoms with Gasteiger partial charge in [0.1, 0.15) is 10.7 Å². The number of aromatic nitrogens is 2. The van der Waals surface area contributed by atoms with Gasteiger partial charge in [0, 0.05) is 5.56 Å². The van der Waals surface area contributed by atoms with Crippen LogP contribution in [0.2, 0.25) is 0 Å². The summed E-state index contributed by atoms with van der Waals surface area (Å²) < 4.78 is 16.6. The lowest BCUT2D eigenvalue weighted by atomic mass is 10.1. The van der Waals surface area contributed by atoms with Gasteiger partial charge in [-0.2, -0.15) is 0 Å². The Hall–Kier alpha value is -1.62. The van der Waals surface area contributed by atoms with E-state index in [-0.39, 0.29) is 5.78 Å². The summed E-state index contributed by atoms with van der Waals surface area (Å²) in [6.45, 7) is 1.74. The summed E-state index contributed by atoms with van der Waals surface area (Å²) in [5.74, 6) is -0.650. The minimum absolute atomic E-state index is 0.243. The quantitative estimate of drug-likeness (QED) is 0.732. The predicted molar refractivity (Wildman–Crippen MR) is 54.5 cm³/mol. The molecule has 0 aliphatic heterocycles. The number of aryl methyl sites for hydroxylation is 1. The summed E-state index contributed by atoms with van der Waals surface area (Å²) in [5.41, 5.74) is 1.05. The van der Waals surface area contributed by atoms with Gasteiger partial charge in [-0.1, -0.05) is 4.49 Å². The number of carbonyl (C=O) groups excluding carboxylic acids is 1. The maximum atomic E-state index is 13.0. The Morgan fingerprint density at radius 1 is 1.40 bits per heavy atom. The Kier molecular flexibility index (Phi) is 2.55. The minimum atomic E-state index is -0.407. The van der Waals surface area contributed by atoms with Gasteiger partial charge in [0.05, 0.1) is 6.20 Å². The molecule has 3 nitrogen and oxygen atoms in total. The van der Waals surface area contributed by atoms with Crippen molar-refractivity contribution in [3.05, 3.63) is 46.2 Å². The van der Waals surface area contributed by atoms with Gasteiger partial charge in [0.25, 0.3) is 0 Å². The molecule has 0 N–H and O–H groups in total. The second kappa shape index (κ2) is 3.86. The zero-order valence-corrected chi connectivity index (χ0v) is 8.71. The molecule has 0 fully saturated rings. The van der Waals surface area contributed by atoms with Gasteiger partial charge < -0.3 is 0 Å². The van der Waals surface area contributed by atoms with E-state index in [1.54, 1.807) is 13.0 Å². The first-order valence-electron chi connectivity index (χ1n) is 4.26. The lowest BCUT2D eigenvalue weighted by Gasteiger charge is -1.99. The van der Waals surface area contributed by atoms with E-state index in [2.05, 4.69) is 9.59 Å². The maximum Gasteiger partial charge on any atom is 0.206 e. The molecule has 2 aromatic rings. The molecule has 0 spiro atoms. The second-order valence-electron chi connectivity index (χ2n) is 3.13. The van der Waals surface area contributed by atoms with Crippen LogP contribution in [0.15, 0.2) is 24.4 Å². The van der Waals surface area contributed by atoms with E-state index < -0.39 is 5.82 Å². The molecule has 0 radical (unpaired) electrons. The average Bonchev–Trinajstić information content (AvgIpc) is 2.67. The van der Waals surface area contributed by atoms with Crippen LogP contribution in [-0.2, 0) is 0 Å². The van der Waals surface area contributed by atoms with E-state index in [9.17, 15) is 9.18 Å². The Morgan fingerprint density at radius 2 is 2.20 bits per heavy atom. The van der Waals surface area contributed by atoms with Crippen molar-refractivity contribution in [2.45, 2.75) is 6.92 Å². The molecule has 2 rings (SSSR count). The molecule has 5 heteroatoms. The lowest BCUT2D eigenvalue weighted by molar-refractivity contribution is 0.104. The van der Waals surface area contributed by atoms with Crippen molar-refractivity contribution >= 4 is 17.3 Å². The summed E-state index contributed by atoms with van der Waals surface area (Å²) in [4.78, 5) is 12.2. The van der Waals surface area contributed by atoms with Gasteiger partial charge in [-0.05, 0) is 42.2 Å². The third-order valence-electron chi connectivity index (χ3n) is 1.89. The molecule has 0 saturated carbocycles. The predicted octanol–water partition coefficient (Wildman–Crippen LogP) is 2.22. The summed E-state index contributed by atoms with van der Waals surface area (Å²) >= 11 is 1.00. The van der Waals surface area contributed by atoms with Crippen LogP contribution in [0.25, 0.3) is 0 Å². The smallest absolute Gasteiger partial charge is 0.206 e. The lowest BCUT2D eigenvalue weighted by Crippen LogP contribution is -1.99. The molecule has 76 valence electrons. The van der Waals surface area contributed by atoms with Crippen molar-refractivity contribution in [2.24, 2.45) is 0 Å². The number of ketones is 1. The van der Waals surface area contributed by atoms with Gasteiger partial charge in [-0.3, -0.25) is 4.79 Å². The van der Waals surface area contributed by atoms with Crippen LogP contribution >= 0.6 is 11.5 Å². The van der Waals surface area contributed by atoms with Crippen LogP contribution in [0.1, 0.15) is 20.8 Å². The molecule has 15 heavy (non-hydrogen) atoms. The fraction of sp³-hybridized carbons (Fsp3) is 0.100. The molecular formula is C10H7FN2OS. The van der Waals surface area contributed by atoms with Gasteiger partial charge >= 0.3 is 0 Å². The van der Waals surface area contributed by atoms with Crippen LogP contribution in [0.5, 0.6) is 0 Å². The van der Waals surface area contributed by atoms with E-state index in [4.69, 9.17) is 0 Å². The molecule has 0 bridgehead atoms. The van der Waals surface area contributed by atoms with Crippen LogP contribution in [0, 0.1) is 12.7 Å². The highest BCUT2D eigenvalue weighted by Crippen LogP contribution is 2.14. The third kappa shape index (κ3) is 2.07. The molecule has 0 saturated heterocycles. The average molecular weight is 222 g/mol. The van der Waals surface area contributed by atoms with Crippen LogP contribution < -0.4 is 0 Å². The number of nitrogens with zero attached hydrogens (tertiary/aromatic N) is 2. The van der Waals surface area contributed by atoms with Crippen molar-refractivity contribution in [2.75, 3.05) is 0 Å². The Balaban J connectivity index is 2.42. The highest BCUT2D eigenvalue weighted by Gasteiger charge is 2.12. The second-order valence-corrected chi connectivity index (χ2v) is 3.91. The van der Waals surface area contributed by atoms with Gasteiger partial charge in [0.15, 0.2) is 0 Å². The SMILES string of the molecule is Cc1cc(F)cc(C(=O)c2cnns2)c1. The van der Waals surface area contributed by atoms with Crippen molar-refractivity contribution < 1.29 is 9.18 Å². The van der Waals surface area contributed by atoms with Gasteiger partial charge in [-0.25, -0.2) is 4.39 Å². The van der Waals surface area contributed by atoms with Crippen LogP contribution in [-0.4, -0.2) is 15.4 Å². The summed E-state index contributed by atoms with van der Waals surface area (Å²) in [7, 11) is 0. The molecular weight excluding hydrogens is 215 g/mol. The van der Waals surface area contributed by atoms with Gasteiger partial charge in [-0.15, -0.1) is 5.10 Å². The number of hydrogen-bond acceptors (Lipinski definition) is 4. The monoisotopic (exact) mass is 222 g/mol. The molecule has 0 aliphatic rings.